The molecule has 80 valence electrons. The highest BCUT2D eigenvalue weighted by molar-refractivity contribution is 9.10. The van der Waals surface area contributed by atoms with E-state index in [1.54, 1.807) is 6.92 Å². The maximum atomic E-state index is 11.5. The largest absolute Gasteiger partial charge is 0.478 e. The zero-order valence-electron chi connectivity index (χ0n) is 7.83. The van der Waals surface area contributed by atoms with Crippen molar-refractivity contribution in [3.8, 4) is 0 Å². The molecule has 1 N–H and O–H groups in total. The van der Waals surface area contributed by atoms with Crippen molar-refractivity contribution in [1.82, 2.24) is 0 Å². The van der Waals surface area contributed by atoms with Gasteiger partial charge in [0, 0.05) is 10.0 Å². The topological polar surface area (TPSA) is 54.4 Å². The van der Waals surface area contributed by atoms with Crippen LogP contribution in [-0.2, 0) is 0 Å². The second kappa shape index (κ2) is 4.77. The van der Waals surface area contributed by atoms with Gasteiger partial charge >= 0.3 is 5.97 Å². The second-order valence-electron chi connectivity index (χ2n) is 2.98. The molecule has 0 bridgehead atoms. The highest BCUT2D eigenvalue weighted by atomic mass is 79.9. The zero-order valence-corrected chi connectivity index (χ0v) is 10.2. The van der Waals surface area contributed by atoms with Gasteiger partial charge in [-0.15, -0.1) is 11.6 Å². The minimum absolute atomic E-state index is 0.126. The van der Waals surface area contributed by atoms with Crippen LogP contribution in [0.15, 0.2) is 22.7 Å². The van der Waals surface area contributed by atoms with Crippen LogP contribution in [0.4, 0.5) is 0 Å². The Morgan fingerprint density at radius 3 is 2.47 bits per heavy atom. The Hall–Kier alpha value is -0.870. The van der Waals surface area contributed by atoms with Gasteiger partial charge < -0.3 is 5.11 Å². The van der Waals surface area contributed by atoms with Gasteiger partial charge in [-0.2, -0.15) is 0 Å². The van der Waals surface area contributed by atoms with E-state index in [4.69, 9.17) is 16.7 Å². The summed E-state index contributed by atoms with van der Waals surface area (Å²) in [6.07, 6.45) is 0. The van der Waals surface area contributed by atoms with E-state index in [0.717, 1.165) is 0 Å². The molecule has 1 aromatic rings. The molecule has 5 heteroatoms. The number of ketones is 1. The van der Waals surface area contributed by atoms with Crippen molar-refractivity contribution >= 4 is 39.3 Å². The molecular weight excluding hydrogens is 283 g/mol. The van der Waals surface area contributed by atoms with Crippen molar-refractivity contribution in [3.05, 3.63) is 33.8 Å². The third-order valence-corrected chi connectivity index (χ3v) is 2.70. The summed E-state index contributed by atoms with van der Waals surface area (Å²) in [4.78, 5) is 22.2. The molecule has 1 rings (SSSR count). The van der Waals surface area contributed by atoms with Gasteiger partial charge in [-0.3, -0.25) is 4.79 Å². The smallest absolute Gasteiger partial charge is 0.335 e. The Morgan fingerprint density at radius 2 is 2.07 bits per heavy atom. The number of hydrogen-bond donors (Lipinski definition) is 1. The van der Waals surface area contributed by atoms with Crippen LogP contribution in [0.25, 0.3) is 0 Å². The molecule has 0 fully saturated rings. The molecule has 1 atom stereocenters. The molecule has 1 unspecified atom stereocenters. The molecule has 0 aliphatic carbocycles. The van der Waals surface area contributed by atoms with Gasteiger partial charge in [0.1, 0.15) is 0 Å². The molecule has 0 spiro atoms. The number of carbonyl (C=O) groups is 2. The maximum Gasteiger partial charge on any atom is 0.335 e. The number of Topliss-reactive ketones (excluding diaryl/α,β-unsaturated/α-hetero) is 1. The van der Waals surface area contributed by atoms with Crippen molar-refractivity contribution < 1.29 is 14.7 Å². The lowest BCUT2D eigenvalue weighted by molar-refractivity contribution is 0.0696. The Balaban J connectivity index is 3.14. The first-order valence-electron chi connectivity index (χ1n) is 4.14. The van der Waals surface area contributed by atoms with Crippen LogP contribution in [0, 0.1) is 0 Å². The summed E-state index contributed by atoms with van der Waals surface area (Å²) < 4.78 is 0.444. The first-order valence-corrected chi connectivity index (χ1v) is 5.37. The minimum atomic E-state index is -1.03. The number of carboxylic acid groups (broad SMARTS) is 1. The van der Waals surface area contributed by atoms with Gasteiger partial charge in [0.25, 0.3) is 0 Å². The number of aromatic carboxylic acids is 1. The number of benzene rings is 1. The Labute approximate surface area is 100 Å². The number of alkyl halides is 1. The summed E-state index contributed by atoms with van der Waals surface area (Å²) in [6, 6.07) is 4.21. The van der Waals surface area contributed by atoms with Crippen molar-refractivity contribution in [2.45, 2.75) is 12.3 Å². The highest BCUT2D eigenvalue weighted by Crippen LogP contribution is 2.21. The van der Waals surface area contributed by atoms with Crippen molar-refractivity contribution in [1.29, 1.82) is 0 Å². The lowest BCUT2D eigenvalue weighted by Gasteiger charge is -2.05. The summed E-state index contributed by atoms with van der Waals surface area (Å²) in [5, 5.41) is 8.09. The summed E-state index contributed by atoms with van der Waals surface area (Å²) in [6.45, 7) is 1.57. The molecule has 0 aromatic heterocycles. The molecule has 0 amide bonds. The van der Waals surface area contributed by atoms with E-state index in [0.29, 0.717) is 10.0 Å². The van der Waals surface area contributed by atoms with Crippen molar-refractivity contribution in [2.75, 3.05) is 0 Å². The second-order valence-corrected chi connectivity index (χ2v) is 4.49. The van der Waals surface area contributed by atoms with E-state index >= 15 is 0 Å². The van der Waals surface area contributed by atoms with Gasteiger partial charge in [0.15, 0.2) is 5.78 Å². The van der Waals surface area contributed by atoms with Gasteiger partial charge in [-0.1, -0.05) is 15.9 Å². The van der Waals surface area contributed by atoms with E-state index in [2.05, 4.69) is 15.9 Å². The van der Waals surface area contributed by atoms with Crippen LogP contribution >= 0.6 is 27.5 Å². The fourth-order valence-corrected chi connectivity index (χ4v) is 1.75. The van der Waals surface area contributed by atoms with Crippen LogP contribution in [0.5, 0.6) is 0 Å². The molecule has 1 aromatic carbocycles. The number of rotatable bonds is 3. The summed E-state index contributed by atoms with van der Waals surface area (Å²) >= 11 is 8.79. The molecule has 0 saturated heterocycles. The van der Waals surface area contributed by atoms with Crippen LogP contribution < -0.4 is 0 Å². The van der Waals surface area contributed by atoms with E-state index in [9.17, 15) is 9.59 Å². The first kappa shape index (κ1) is 12.2. The zero-order chi connectivity index (χ0) is 11.6. The number of halogens is 2. The van der Waals surface area contributed by atoms with E-state index < -0.39 is 11.3 Å². The molecule has 0 radical (unpaired) electrons. The quantitative estimate of drug-likeness (QED) is 0.688. The average molecular weight is 292 g/mol. The van der Waals surface area contributed by atoms with Gasteiger partial charge in [-0.25, -0.2) is 4.79 Å². The fourth-order valence-electron chi connectivity index (χ4n) is 1.06. The summed E-state index contributed by atoms with van der Waals surface area (Å²) in [5.41, 5.74) is 0.517. The van der Waals surface area contributed by atoms with Crippen LogP contribution in [0.1, 0.15) is 27.6 Å². The van der Waals surface area contributed by atoms with Crippen LogP contribution in [0.2, 0.25) is 0 Å². The molecular formula is C10H8BrClO3. The van der Waals surface area contributed by atoms with Gasteiger partial charge in [-0.05, 0) is 25.1 Å². The van der Waals surface area contributed by atoms with Crippen LogP contribution in [-0.4, -0.2) is 22.2 Å². The molecule has 3 nitrogen and oxygen atoms in total. The number of carboxylic acids is 1. The van der Waals surface area contributed by atoms with Crippen molar-refractivity contribution in [2.24, 2.45) is 0 Å². The molecule has 0 aliphatic heterocycles. The summed E-state index contributed by atoms with van der Waals surface area (Å²) in [7, 11) is 0. The van der Waals surface area contributed by atoms with Crippen molar-refractivity contribution in [3.63, 3.8) is 0 Å². The standard InChI is InChI=1S/C10H8BrClO3/c1-5(12)9(13)7-3-2-6(10(14)15)4-8(7)11/h2-5H,1H3,(H,14,15). The highest BCUT2D eigenvalue weighted by Gasteiger charge is 2.16. The minimum Gasteiger partial charge on any atom is -0.478 e. The van der Waals surface area contributed by atoms with Gasteiger partial charge in [0.05, 0.1) is 10.9 Å². The molecule has 0 heterocycles. The number of hydrogen-bond acceptors (Lipinski definition) is 2. The van der Waals surface area contributed by atoms with Gasteiger partial charge in [0.2, 0.25) is 0 Å². The maximum absolute atomic E-state index is 11.5. The number of carbonyl (C=O) groups excluding carboxylic acids is 1. The normalized spacial score (nSPS) is 12.2. The fraction of sp³-hybridized carbons (Fsp3) is 0.200. The third kappa shape index (κ3) is 2.79. The third-order valence-electron chi connectivity index (χ3n) is 1.84. The molecule has 0 aliphatic rings. The van der Waals surface area contributed by atoms with Crippen LogP contribution in [0.3, 0.4) is 0 Å². The predicted molar refractivity (Wildman–Crippen MR) is 60.7 cm³/mol. The lowest BCUT2D eigenvalue weighted by atomic mass is 10.1. The Kier molecular flexibility index (Phi) is 3.88. The Morgan fingerprint density at radius 1 is 1.47 bits per heavy atom. The predicted octanol–water partition coefficient (Wildman–Crippen LogP) is 2.96. The molecule has 15 heavy (non-hydrogen) atoms. The Bertz CT molecular complexity index is 415. The summed E-state index contributed by atoms with van der Waals surface area (Å²) in [5.74, 6) is -1.27. The monoisotopic (exact) mass is 290 g/mol. The van der Waals surface area contributed by atoms with E-state index in [-0.39, 0.29) is 11.3 Å². The molecule has 0 saturated carbocycles. The average Bonchev–Trinajstić information content (AvgIpc) is 2.16. The van der Waals surface area contributed by atoms with E-state index in [1.807, 2.05) is 0 Å². The SMILES string of the molecule is CC(Cl)C(=O)c1ccc(C(=O)O)cc1Br. The van der Waals surface area contributed by atoms with E-state index in [1.165, 1.54) is 18.2 Å². The first-order chi connectivity index (χ1) is 6.93. The lowest BCUT2D eigenvalue weighted by Crippen LogP contribution is -2.11.